The zero-order valence-electron chi connectivity index (χ0n) is 23.8. The summed E-state index contributed by atoms with van der Waals surface area (Å²) in [7, 11) is 0. The minimum atomic E-state index is -1.27. The predicted octanol–water partition coefficient (Wildman–Crippen LogP) is -1.34. The Balaban J connectivity index is 2.20. The van der Waals surface area contributed by atoms with Crippen molar-refractivity contribution in [2.24, 2.45) is 27.9 Å². The maximum Gasteiger partial charge on any atom is 0.326 e. The summed E-state index contributed by atoms with van der Waals surface area (Å²) in [4.78, 5) is 66.9. The van der Waals surface area contributed by atoms with Crippen molar-refractivity contribution in [1.29, 1.82) is 0 Å². The summed E-state index contributed by atoms with van der Waals surface area (Å²) in [5.74, 6) is -4.21. The molecule has 4 amide bonds. The number of aliphatic carboxylic acids is 1. The normalized spacial score (nSPS) is 13.4. The van der Waals surface area contributed by atoms with E-state index in [0.717, 1.165) is 0 Å². The number of nitrogens with one attached hydrogen (secondary N) is 3. The van der Waals surface area contributed by atoms with Crippen LogP contribution in [0.5, 0.6) is 0 Å². The molecule has 4 unspecified atom stereocenters. The van der Waals surface area contributed by atoms with Gasteiger partial charge in [0.05, 0.1) is 6.04 Å². The zero-order chi connectivity index (χ0) is 31.8. The molecule has 14 nitrogen and oxygen atoms in total. The first kappa shape index (κ1) is 34.2. The fourth-order valence-corrected chi connectivity index (χ4v) is 4.14. The second-order valence-electron chi connectivity index (χ2n) is 9.96. The van der Waals surface area contributed by atoms with Gasteiger partial charge in [-0.3, -0.25) is 24.2 Å². The molecule has 12 N–H and O–H groups in total. The Kier molecular flexibility index (Phi) is 14.1. The molecule has 0 heterocycles. The Bertz CT molecular complexity index is 1250. The number of benzene rings is 2. The van der Waals surface area contributed by atoms with Gasteiger partial charge in [-0.15, -0.1) is 0 Å². The van der Waals surface area contributed by atoms with Gasteiger partial charge in [-0.1, -0.05) is 60.7 Å². The highest BCUT2D eigenvalue weighted by Crippen LogP contribution is 2.09. The van der Waals surface area contributed by atoms with Gasteiger partial charge in [-0.05, 0) is 30.4 Å². The number of hydrogen-bond donors (Lipinski definition) is 8. The molecule has 43 heavy (non-hydrogen) atoms. The Hall–Kier alpha value is -4.98. The molecule has 2 rings (SSSR count). The quantitative estimate of drug-likeness (QED) is 0.0574. The number of nitrogens with zero attached hydrogens (tertiary/aromatic N) is 1. The van der Waals surface area contributed by atoms with Crippen LogP contribution in [0.1, 0.15) is 36.8 Å². The van der Waals surface area contributed by atoms with Gasteiger partial charge >= 0.3 is 5.97 Å². The van der Waals surface area contributed by atoms with Gasteiger partial charge in [0, 0.05) is 25.8 Å². The lowest BCUT2D eigenvalue weighted by atomic mass is 10.0. The van der Waals surface area contributed by atoms with Crippen LogP contribution in [0.15, 0.2) is 65.7 Å². The van der Waals surface area contributed by atoms with E-state index in [1.54, 1.807) is 60.7 Å². The molecular formula is C29H40N8O6. The Labute approximate surface area is 249 Å². The summed E-state index contributed by atoms with van der Waals surface area (Å²) in [5, 5.41) is 17.4. The standard InChI is InChI=1S/C29H40N8O6/c30-20(12-7-15-34-29(32)33)25(39)35-21(13-14-24(31)38)26(40)36-22(16-18-8-3-1-4-9-18)27(41)37-23(28(42)43)17-19-10-5-2-6-11-19/h1-6,8-11,20-23H,7,12-17,30H2,(H2,31,38)(H,35,39)(H,36,40)(H,37,41)(H,42,43)(H4,32,33,34). The third kappa shape index (κ3) is 13.0. The molecule has 0 saturated heterocycles. The smallest absolute Gasteiger partial charge is 0.326 e. The average molecular weight is 597 g/mol. The number of carbonyl (C=O) groups excluding carboxylic acids is 4. The van der Waals surface area contributed by atoms with Crippen molar-refractivity contribution in [2.75, 3.05) is 6.54 Å². The molecule has 232 valence electrons. The van der Waals surface area contributed by atoms with Crippen LogP contribution < -0.4 is 38.9 Å². The van der Waals surface area contributed by atoms with Crippen LogP contribution in [0.4, 0.5) is 0 Å². The van der Waals surface area contributed by atoms with E-state index in [0.29, 0.717) is 17.5 Å². The number of carboxylic acid groups (broad SMARTS) is 1. The molecule has 2 aromatic carbocycles. The first-order valence-corrected chi connectivity index (χ1v) is 13.8. The summed E-state index contributed by atoms with van der Waals surface area (Å²) in [6, 6.07) is 12.8. The van der Waals surface area contributed by atoms with E-state index in [9.17, 15) is 29.1 Å². The number of rotatable bonds is 18. The van der Waals surface area contributed by atoms with Crippen molar-refractivity contribution in [3.8, 4) is 0 Å². The number of hydrogen-bond acceptors (Lipinski definition) is 7. The van der Waals surface area contributed by atoms with Gasteiger partial charge in [-0.25, -0.2) is 4.79 Å². The molecule has 0 aliphatic rings. The van der Waals surface area contributed by atoms with E-state index < -0.39 is 53.8 Å². The van der Waals surface area contributed by atoms with E-state index in [1.807, 2.05) is 0 Å². The molecule has 0 fully saturated rings. The van der Waals surface area contributed by atoms with Crippen LogP contribution in [0.25, 0.3) is 0 Å². The van der Waals surface area contributed by atoms with Gasteiger partial charge in [0.1, 0.15) is 18.1 Å². The molecule has 0 aliphatic carbocycles. The Morgan fingerprint density at radius 3 is 1.70 bits per heavy atom. The SMILES string of the molecule is NC(=O)CCC(NC(=O)C(N)CCCN=C(N)N)C(=O)NC(Cc1ccccc1)C(=O)NC(Cc1ccccc1)C(=O)O. The summed E-state index contributed by atoms with van der Waals surface area (Å²) in [6.07, 6.45) is 0.273. The van der Waals surface area contributed by atoms with E-state index in [2.05, 4.69) is 20.9 Å². The van der Waals surface area contributed by atoms with Crippen LogP contribution in [0, 0.1) is 0 Å². The molecule has 0 radical (unpaired) electrons. The third-order valence-corrected chi connectivity index (χ3v) is 6.43. The van der Waals surface area contributed by atoms with Crippen LogP contribution in [-0.4, -0.2) is 71.4 Å². The number of nitrogens with two attached hydrogens (primary N) is 4. The molecule has 0 bridgehead atoms. The van der Waals surface area contributed by atoms with Gasteiger partial charge in [0.15, 0.2) is 5.96 Å². The van der Waals surface area contributed by atoms with E-state index in [-0.39, 0.29) is 44.6 Å². The fraction of sp³-hybridized carbons (Fsp3) is 0.379. The molecule has 0 aliphatic heterocycles. The first-order chi connectivity index (χ1) is 20.5. The molecule has 0 saturated carbocycles. The molecule has 2 aromatic rings. The maximum absolute atomic E-state index is 13.4. The van der Waals surface area contributed by atoms with Crippen LogP contribution >= 0.6 is 0 Å². The van der Waals surface area contributed by atoms with Crippen molar-refractivity contribution >= 4 is 35.6 Å². The number of carbonyl (C=O) groups is 5. The van der Waals surface area contributed by atoms with Crippen molar-refractivity contribution in [3.05, 3.63) is 71.8 Å². The van der Waals surface area contributed by atoms with Crippen molar-refractivity contribution < 1.29 is 29.1 Å². The predicted molar refractivity (Wildman–Crippen MR) is 160 cm³/mol. The summed E-state index contributed by atoms with van der Waals surface area (Å²) in [5.41, 5.74) is 23.2. The second kappa shape index (κ2) is 17.7. The lowest BCUT2D eigenvalue weighted by Gasteiger charge is -2.25. The molecule has 4 atom stereocenters. The van der Waals surface area contributed by atoms with Gasteiger partial charge < -0.3 is 44.0 Å². The maximum atomic E-state index is 13.4. The number of carboxylic acids is 1. The van der Waals surface area contributed by atoms with Gasteiger partial charge in [-0.2, -0.15) is 0 Å². The highest BCUT2D eigenvalue weighted by atomic mass is 16.4. The summed E-state index contributed by atoms with van der Waals surface area (Å²) < 4.78 is 0. The highest BCUT2D eigenvalue weighted by Gasteiger charge is 2.31. The number of amides is 4. The minimum Gasteiger partial charge on any atom is -0.480 e. The largest absolute Gasteiger partial charge is 0.480 e. The minimum absolute atomic E-state index is 0.0201. The Morgan fingerprint density at radius 2 is 1.19 bits per heavy atom. The van der Waals surface area contributed by atoms with Crippen molar-refractivity contribution in [2.45, 2.75) is 62.7 Å². The van der Waals surface area contributed by atoms with Crippen molar-refractivity contribution in [3.63, 3.8) is 0 Å². The third-order valence-electron chi connectivity index (χ3n) is 6.43. The van der Waals surface area contributed by atoms with E-state index >= 15 is 0 Å². The van der Waals surface area contributed by atoms with Crippen LogP contribution in [0.3, 0.4) is 0 Å². The van der Waals surface area contributed by atoms with Crippen molar-refractivity contribution in [1.82, 2.24) is 16.0 Å². The topological polar surface area (TPSA) is 258 Å². The number of aliphatic imine (C=N–C) groups is 1. The van der Waals surface area contributed by atoms with Gasteiger partial charge in [0.2, 0.25) is 23.6 Å². The first-order valence-electron chi connectivity index (χ1n) is 13.8. The lowest BCUT2D eigenvalue weighted by Crippen LogP contribution is -2.58. The van der Waals surface area contributed by atoms with Crippen LogP contribution in [-0.2, 0) is 36.8 Å². The van der Waals surface area contributed by atoms with E-state index in [4.69, 9.17) is 22.9 Å². The lowest BCUT2D eigenvalue weighted by molar-refractivity contribution is -0.142. The Morgan fingerprint density at radius 1 is 0.698 bits per heavy atom. The van der Waals surface area contributed by atoms with Crippen LogP contribution in [0.2, 0.25) is 0 Å². The van der Waals surface area contributed by atoms with Gasteiger partial charge in [0.25, 0.3) is 0 Å². The van der Waals surface area contributed by atoms with E-state index in [1.165, 1.54) is 0 Å². The number of guanidine groups is 1. The second-order valence-corrected chi connectivity index (χ2v) is 9.96. The molecule has 0 aromatic heterocycles. The fourth-order valence-electron chi connectivity index (χ4n) is 4.14. The zero-order valence-corrected chi connectivity index (χ0v) is 23.8. The summed E-state index contributed by atoms with van der Waals surface area (Å²) in [6.45, 7) is 0.257. The highest BCUT2D eigenvalue weighted by molar-refractivity contribution is 5.94. The summed E-state index contributed by atoms with van der Waals surface area (Å²) >= 11 is 0. The monoisotopic (exact) mass is 596 g/mol. The molecular weight excluding hydrogens is 556 g/mol. The number of primary amides is 1. The average Bonchev–Trinajstić information content (AvgIpc) is 2.97. The molecule has 14 heteroatoms. The molecule has 0 spiro atoms.